The molecule has 7 heteroatoms. The van der Waals surface area contributed by atoms with Crippen molar-refractivity contribution in [3.8, 4) is 39.8 Å². The lowest BCUT2D eigenvalue weighted by molar-refractivity contribution is -1.05. The Balaban J connectivity index is 1.36. The molecule has 1 unspecified atom stereocenters. The molecule has 4 aromatic carbocycles. The highest BCUT2D eigenvalue weighted by molar-refractivity contribution is 6.12. The van der Waals surface area contributed by atoms with E-state index in [0.29, 0.717) is 0 Å². The zero-order chi connectivity index (χ0) is 30.6. The van der Waals surface area contributed by atoms with E-state index < -0.39 is 5.41 Å². The summed E-state index contributed by atoms with van der Waals surface area (Å²) in [4.78, 5) is 2.43. The molecule has 13 rings (SSSR count). The number of para-hydroxylation sites is 1. The van der Waals surface area contributed by atoms with Crippen LogP contribution in [0, 0.1) is 13.8 Å². The highest BCUT2D eigenvalue weighted by Crippen LogP contribution is 2.64. The van der Waals surface area contributed by atoms with E-state index in [1.807, 2.05) is 0 Å². The van der Waals surface area contributed by atoms with Crippen LogP contribution in [-0.4, -0.2) is 14.5 Å². The number of aryl methyl sites for hydroxylation is 1. The SMILES string of the molecule is Cc1nn2c(c1C)-c1cccc3[n+]1[N+]21c2c(ccc4c2-n2c5c(cccc5c5ccc[n+]1c52)C41c2ccccc2-c2ccccc21)O3. The number of quaternary nitrogens is 1. The molecule has 0 bridgehead atoms. The average Bonchev–Trinajstić information content (AvgIpc) is 3.80. The van der Waals surface area contributed by atoms with Gasteiger partial charge in [-0.25, -0.2) is 0 Å². The normalized spacial score (nSPS) is 18.4. The van der Waals surface area contributed by atoms with Crippen molar-refractivity contribution < 1.29 is 14.1 Å². The van der Waals surface area contributed by atoms with Crippen molar-refractivity contribution in [1.29, 1.82) is 0 Å². The van der Waals surface area contributed by atoms with E-state index in [1.165, 1.54) is 60.9 Å². The third-order valence-electron chi connectivity index (χ3n) is 11.7. The van der Waals surface area contributed by atoms with Crippen LogP contribution < -0.4 is 18.9 Å². The van der Waals surface area contributed by atoms with E-state index in [2.05, 4.69) is 148 Å². The van der Waals surface area contributed by atoms with E-state index in [4.69, 9.17) is 9.84 Å². The van der Waals surface area contributed by atoms with E-state index >= 15 is 0 Å². The monoisotopic (exact) mass is 605 g/mol. The molecular weight excluding hydrogens is 580 g/mol. The van der Waals surface area contributed by atoms with Crippen molar-refractivity contribution in [3.63, 3.8) is 0 Å². The summed E-state index contributed by atoms with van der Waals surface area (Å²) in [7, 11) is 0. The third-order valence-corrected chi connectivity index (χ3v) is 11.7. The van der Waals surface area contributed by atoms with Crippen LogP contribution in [0.2, 0.25) is 0 Å². The predicted octanol–water partition coefficient (Wildman–Crippen LogP) is 6.95. The van der Waals surface area contributed by atoms with Crippen molar-refractivity contribution >= 4 is 27.6 Å². The molecule has 1 aliphatic carbocycles. The molecule has 5 aliphatic rings. The standard InChI is InChI=1S/C40H25N6O/c1-22-23(2)41-45-35(22)32-17-8-18-34-44(32)46(45)38-33(47-34)20-19-31-37(38)43-36-26(27-13-9-21-42(46)39(27)43)12-7-16-30(36)40(31)28-14-5-3-10-24(28)25-11-4-6-15-29(25)40/h3-21H,1-2H3/q+3. The second-order valence-corrected chi connectivity index (χ2v) is 13.5. The van der Waals surface area contributed by atoms with Gasteiger partial charge in [0, 0.05) is 37.6 Å². The van der Waals surface area contributed by atoms with Gasteiger partial charge in [-0.2, -0.15) is 4.57 Å². The first-order valence-electron chi connectivity index (χ1n) is 16.2. The first kappa shape index (κ1) is 23.3. The topological polar surface area (TPSA) is 39.7 Å². The van der Waals surface area contributed by atoms with Gasteiger partial charge in [0.15, 0.2) is 6.20 Å². The number of nitrogens with zero attached hydrogens (tertiary/aromatic N) is 6. The summed E-state index contributed by atoms with van der Waals surface area (Å²) in [6, 6.07) is 40.3. The number of hydrogen-bond donors (Lipinski definition) is 0. The van der Waals surface area contributed by atoms with Crippen LogP contribution in [0.25, 0.3) is 50.1 Å². The Morgan fingerprint density at radius 3 is 2.30 bits per heavy atom. The lowest BCUT2D eigenvalue weighted by Gasteiger charge is -2.39. The Kier molecular flexibility index (Phi) is 3.48. The largest absolute Gasteiger partial charge is 0.438 e. The first-order chi connectivity index (χ1) is 23.2. The lowest BCUT2D eigenvalue weighted by atomic mass is 9.65. The van der Waals surface area contributed by atoms with Crippen molar-refractivity contribution in [1.82, 2.24) is 19.3 Å². The number of hydrogen-bond acceptors (Lipinski definition) is 2. The predicted molar refractivity (Wildman–Crippen MR) is 177 cm³/mol. The summed E-state index contributed by atoms with van der Waals surface area (Å²) < 4.78 is 14.2. The molecule has 218 valence electrons. The van der Waals surface area contributed by atoms with Gasteiger partial charge in [0.2, 0.25) is 21.9 Å². The average molecular weight is 606 g/mol. The maximum Gasteiger partial charge on any atom is 0.438 e. The highest BCUT2D eigenvalue weighted by atomic mass is 16.5. The summed E-state index contributed by atoms with van der Waals surface area (Å²) in [5.41, 5.74) is 16.3. The zero-order valence-corrected chi connectivity index (χ0v) is 25.6. The molecule has 0 saturated carbocycles. The molecule has 47 heavy (non-hydrogen) atoms. The van der Waals surface area contributed by atoms with Gasteiger partial charge in [-0.1, -0.05) is 60.7 Å². The van der Waals surface area contributed by atoms with Crippen LogP contribution in [0.1, 0.15) is 33.5 Å². The number of aromatic nitrogens is 5. The van der Waals surface area contributed by atoms with Gasteiger partial charge in [-0.3, -0.25) is 0 Å². The zero-order valence-electron chi connectivity index (χ0n) is 25.6. The molecule has 0 fully saturated rings. The molecule has 0 saturated heterocycles. The second kappa shape index (κ2) is 7.02. The molecule has 1 atom stereocenters. The van der Waals surface area contributed by atoms with Crippen LogP contribution in [0.5, 0.6) is 11.6 Å². The van der Waals surface area contributed by atoms with Crippen molar-refractivity contribution in [2.75, 3.05) is 0 Å². The molecule has 8 aromatic rings. The highest BCUT2D eigenvalue weighted by Gasteiger charge is 2.73. The molecule has 2 spiro atoms. The molecule has 0 amide bonds. The minimum absolute atomic E-state index is 0.205. The van der Waals surface area contributed by atoms with E-state index in [-0.39, 0.29) is 4.81 Å². The first-order valence-corrected chi connectivity index (χ1v) is 16.2. The van der Waals surface area contributed by atoms with Gasteiger partial charge in [0.05, 0.1) is 22.6 Å². The molecule has 4 aliphatic heterocycles. The number of pyridine rings is 2. The van der Waals surface area contributed by atoms with E-state index in [1.54, 1.807) is 0 Å². The summed E-state index contributed by atoms with van der Waals surface area (Å²) in [5.74, 6) is 1.62. The summed E-state index contributed by atoms with van der Waals surface area (Å²) in [5, 5.41) is 7.82. The van der Waals surface area contributed by atoms with Crippen molar-refractivity contribution in [3.05, 3.63) is 149 Å². The number of rotatable bonds is 0. The maximum absolute atomic E-state index is 6.93. The van der Waals surface area contributed by atoms with Gasteiger partial charge < -0.3 is 4.74 Å². The van der Waals surface area contributed by atoms with Gasteiger partial charge in [0.25, 0.3) is 0 Å². The quantitative estimate of drug-likeness (QED) is 0.139. The van der Waals surface area contributed by atoms with Crippen molar-refractivity contribution in [2.45, 2.75) is 19.3 Å². The smallest absolute Gasteiger partial charge is 0.394 e. The fraction of sp³-hybridized carbons (Fsp3) is 0.0750. The molecule has 0 radical (unpaired) electrons. The summed E-state index contributed by atoms with van der Waals surface area (Å²) in [6.07, 6.45) is 2.22. The molecule has 0 N–H and O–H groups in total. The summed E-state index contributed by atoms with van der Waals surface area (Å²) >= 11 is 0. The number of ether oxygens (including phenoxy) is 1. The summed E-state index contributed by atoms with van der Waals surface area (Å²) in [6.45, 7) is 4.31. The Labute approximate surface area is 268 Å². The van der Waals surface area contributed by atoms with Crippen LogP contribution >= 0.6 is 0 Å². The Hall–Kier alpha value is -6.05. The Bertz CT molecular complexity index is 2830. The Morgan fingerprint density at radius 1 is 0.723 bits per heavy atom. The minimum atomic E-state index is -0.517. The fourth-order valence-electron chi connectivity index (χ4n) is 10.00. The van der Waals surface area contributed by atoms with Gasteiger partial charge >= 0.3 is 22.9 Å². The second-order valence-electron chi connectivity index (χ2n) is 13.5. The van der Waals surface area contributed by atoms with Crippen LogP contribution in [0.4, 0.5) is 5.69 Å². The molecule has 7 nitrogen and oxygen atoms in total. The third kappa shape index (κ3) is 2.06. The minimum Gasteiger partial charge on any atom is -0.394 e. The fourth-order valence-corrected chi connectivity index (χ4v) is 10.00. The lowest BCUT2D eigenvalue weighted by Crippen LogP contribution is -2.88. The van der Waals surface area contributed by atoms with Gasteiger partial charge in [0.1, 0.15) is 10.2 Å². The van der Waals surface area contributed by atoms with E-state index in [9.17, 15) is 0 Å². The van der Waals surface area contributed by atoms with Gasteiger partial charge in [-0.05, 0) is 72.5 Å². The van der Waals surface area contributed by atoms with Crippen LogP contribution in [0.3, 0.4) is 0 Å². The number of fused-ring (bicyclic) bond motifs is 10. The molecule has 4 aromatic heterocycles. The van der Waals surface area contributed by atoms with Crippen LogP contribution in [-0.2, 0) is 5.41 Å². The molecular formula is C40H25N6O+3. The number of benzene rings is 4. The van der Waals surface area contributed by atoms with Crippen molar-refractivity contribution in [2.24, 2.45) is 0 Å². The Morgan fingerprint density at radius 2 is 1.47 bits per heavy atom. The van der Waals surface area contributed by atoms with Gasteiger partial charge in [-0.15, -0.1) is 5.10 Å². The maximum atomic E-state index is 6.93. The van der Waals surface area contributed by atoms with E-state index in [0.717, 1.165) is 40.0 Å². The molecule has 8 heterocycles. The van der Waals surface area contributed by atoms with Crippen LogP contribution in [0.15, 0.2) is 115 Å².